The molecule has 100 valence electrons. The fraction of sp³-hybridized carbons (Fsp3) is 0.231. The highest BCUT2D eigenvalue weighted by Crippen LogP contribution is 2.24. The minimum atomic E-state index is -1.03. The van der Waals surface area contributed by atoms with Crippen molar-refractivity contribution in [1.29, 1.82) is 0 Å². The van der Waals surface area contributed by atoms with Crippen molar-refractivity contribution < 1.29 is 9.90 Å². The molecule has 2 aromatic rings. The van der Waals surface area contributed by atoms with E-state index in [2.05, 4.69) is 10.4 Å². The molecule has 19 heavy (non-hydrogen) atoms. The van der Waals surface area contributed by atoms with Crippen LogP contribution in [0.3, 0.4) is 0 Å². The molecule has 0 spiro atoms. The van der Waals surface area contributed by atoms with Crippen molar-refractivity contribution in [2.24, 2.45) is 7.05 Å². The van der Waals surface area contributed by atoms with Gasteiger partial charge in [0.15, 0.2) is 0 Å². The maximum Gasteiger partial charge on any atom is 0.339 e. The van der Waals surface area contributed by atoms with Gasteiger partial charge in [-0.15, -0.1) is 0 Å². The van der Waals surface area contributed by atoms with Gasteiger partial charge in [-0.3, -0.25) is 4.68 Å². The second-order valence-corrected chi connectivity index (χ2v) is 4.50. The van der Waals surface area contributed by atoms with Gasteiger partial charge in [0.1, 0.15) is 5.56 Å². The largest absolute Gasteiger partial charge is 0.478 e. The maximum absolute atomic E-state index is 11.1. The van der Waals surface area contributed by atoms with E-state index >= 15 is 0 Å². The molecule has 0 saturated heterocycles. The average molecular weight is 280 g/mol. The van der Waals surface area contributed by atoms with E-state index in [0.717, 1.165) is 12.1 Å². The van der Waals surface area contributed by atoms with E-state index in [1.807, 2.05) is 13.1 Å². The van der Waals surface area contributed by atoms with Gasteiger partial charge >= 0.3 is 5.97 Å². The second-order valence-electron chi connectivity index (χ2n) is 4.09. The quantitative estimate of drug-likeness (QED) is 0.882. The zero-order valence-corrected chi connectivity index (χ0v) is 11.2. The number of hydrogen-bond acceptors (Lipinski definition) is 3. The summed E-state index contributed by atoms with van der Waals surface area (Å²) < 4.78 is 1.79. The number of anilines is 1. The summed E-state index contributed by atoms with van der Waals surface area (Å²) in [7, 11) is 1.87. The van der Waals surface area contributed by atoms with Gasteiger partial charge in [0.2, 0.25) is 0 Å². The van der Waals surface area contributed by atoms with Gasteiger partial charge in [-0.1, -0.05) is 17.7 Å². The Morgan fingerprint density at radius 3 is 2.89 bits per heavy atom. The van der Waals surface area contributed by atoms with Gasteiger partial charge in [-0.25, -0.2) is 4.79 Å². The molecule has 0 atom stereocenters. The molecule has 0 aliphatic carbocycles. The van der Waals surface area contributed by atoms with Gasteiger partial charge < -0.3 is 10.4 Å². The molecule has 2 rings (SSSR count). The number of benzene rings is 1. The molecule has 0 amide bonds. The first-order chi connectivity index (χ1) is 9.09. The van der Waals surface area contributed by atoms with Gasteiger partial charge in [-0.2, -0.15) is 5.10 Å². The Morgan fingerprint density at radius 2 is 2.26 bits per heavy atom. The average Bonchev–Trinajstić information content (AvgIpc) is 2.75. The SMILES string of the molecule is Cn1nccc1CCNc1cccc(Cl)c1C(=O)O. The highest BCUT2D eigenvalue weighted by molar-refractivity contribution is 6.34. The smallest absolute Gasteiger partial charge is 0.339 e. The van der Waals surface area contributed by atoms with E-state index < -0.39 is 5.97 Å². The Hall–Kier alpha value is -2.01. The van der Waals surface area contributed by atoms with Crippen molar-refractivity contribution in [2.75, 3.05) is 11.9 Å². The lowest BCUT2D eigenvalue weighted by atomic mass is 10.1. The monoisotopic (exact) mass is 279 g/mol. The van der Waals surface area contributed by atoms with Crippen LogP contribution in [0.1, 0.15) is 16.1 Å². The Labute approximate surface area is 115 Å². The highest BCUT2D eigenvalue weighted by atomic mass is 35.5. The van der Waals surface area contributed by atoms with Crippen LogP contribution in [0.4, 0.5) is 5.69 Å². The van der Waals surface area contributed by atoms with E-state index in [0.29, 0.717) is 12.2 Å². The zero-order valence-electron chi connectivity index (χ0n) is 10.4. The minimum absolute atomic E-state index is 0.106. The number of nitrogens with one attached hydrogen (secondary N) is 1. The van der Waals surface area contributed by atoms with Crippen LogP contribution >= 0.6 is 11.6 Å². The molecule has 5 nitrogen and oxygen atoms in total. The number of aromatic carboxylic acids is 1. The molecule has 0 saturated carbocycles. The number of aromatic nitrogens is 2. The predicted octanol–water partition coefficient (Wildman–Crippen LogP) is 2.43. The van der Waals surface area contributed by atoms with E-state index in [4.69, 9.17) is 16.7 Å². The van der Waals surface area contributed by atoms with E-state index in [9.17, 15) is 4.79 Å². The van der Waals surface area contributed by atoms with Gasteiger partial charge in [-0.05, 0) is 18.2 Å². The molecule has 0 radical (unpaired) electrons. The summed E-state index contributed by atoms with van der Waals surface area (Å²) in [5, 5.41) is 16.5. The fourth-order valence-electron chi connectivity index (χ4n) is 1.86. The Balaban J connectivity index is 2.06. The van der Waals surface area contributed by atoms with Crippen LogP contribution in [0.15, 0.2) is 30.5 Å². The lowest BCUT2D eigenvalue weighted by Gasteiger charge is -2.10. The molecule has 1 aromatic heterocycles. The van der Waals surface area contributed by atoms with Crippen LogP contribution in [0.2, 0.25) is 5.02 Å². The number of rotatable bonds is 5. The van der Waals surface area contributed by atoms with Crippen molar-refractivity contribution in [2.45, 2.75) is 6.42 Å². The summed E-state index contributed by atoms with van der Waals surface area (Å²) in [6, 6.07) is 6.93. The van der Waals surface area contributed by atoms with Crippen LogP contribution in [0.5, 0.6) is 0 Å². The summed E-state index contributed by atoms with van der Waals surface area (Å²) in [6.45, 7) is 0.611. The van der Waals surface area contributed by atoms with E-state index in [-0.39, 0.29) is 10.6 Å². The van der Waals surface area contributed by atoms with Crippen molar-refractivity contribution in [3.05, 3.63) is 46.7 Å². The Kier molecular flexibility index (Phi) is 4.06. The van der Waals surface area contributed by atoms with Crippen molar-refractivity contribution in [3.63, 3.8) is 0 Å². The summed E-state index contributed by atoms with van der Waals surface area (Å²) in [5.74, 6) is -1.03. The zero-order chi connectivity index (χ0) is 13.8. The number of halogens is 1. The maximum atomic E-state index is 11.1. The topological polar surface area (TPSA) is 67.2 Å². The molecule has 1 heterocycles. The molecule has 6 heteroatoms. The van der Waals surface area contributed by atoms with Crippen molar-refractivity contribution >= 4 is 23.3 Å². The van der Waals surface area contributed by atoms with Crippen LogP contribution in [-0.2, 0) is 13.5 Å². The first-order valence-corrected chi connectivity index (χ1v) is 6.20. The molecule has 0 unspecified atom stereocenters. The first-order valence-electron chi connectivity index (χ1n) is 5.82. The Bertz CT molecular complexity index is 595. The normalized spacial score (nSPS) is 10.4. The summed E-state index contributed by atoms with van der Waals surface area (Å²) in [5.41, 5.74) is 1.71. The van der Waals surface area contributed by atoms with Crippen LogP contribution in [0.25, 0.3) is 0 Å². The third-order valence-corrected chi connectivity index (χ3v) is 3.16. The van der Waals surface area contributed by atoms with Gasteiger partial charge in [0, 0.05) is 31.9 Å². The molecular formula is C13H14ClN3O2. The number of carbonyl (C=O) groups is 1. The van der Waals surface area contributed by atoms with E-state index in [1.54, 1.807) is 29.1 Å². The predicted molar refractivity (Wildman–Crippen MR) is 73.8 cm³/mol. The van der Waals surface area contributed by atoms with Crippen molar-refractivity contribution in [1.82, 2.24) is 9.78 Å². The van der Waals surface area contributed by atoms with E-state index in [1.165, 1.54) is 0 Å². The van der Waals surface area contributed by atoms with Gasteiger partial charge in [0.05, 0.1) is 10.7 Å². The molecular weight excluding hydrogens is 266 g/mol. The molecule has 2 N–H and O–H groups in total. The van der Waals surface area contributed by atoms with Crippen LogP contribution in [-0.4, -0.2) is 27.4 Å². The van der Waals surface area contributed by atoms with Crippen LogP contribution < -0.4 is 5.32 Å². The summed E-state index contributed by atoms with van der Waals surface area (Å²) in [6.07, 6.45) is 2.49. The lowest BCUT2D eigenvalue weighted by molar-refractivity contribution is 0.0698. The van der Waals surface area contributed by atoms with Crippen LogP contribution in [0, 0.1) is 0 Å². The first kappa shape index (κ1) is 13.4. The molecule has 1 aromatic carbocycles. The number of hydrogen-bond donors (Lipinski definition) is 2. The fourth-order valence-corrected chi connectivity index (χ4v) is 2.12. The van der Waals surface area contributed by atoms with Gasteiger partial charge in [0.25, 0.3) is 0 Å². The van der Waals surface area contributed by atoms with Crippen molar-refractivity contribution in [3.8, 4) is 0 Å². The standard InChI is InChI=1S/C13H14ClN3O2/c1-17-9(6-8-16-17)5-7-15-11-4-2-3-10(14)12(11)13(18)19/h2-4,6,8,15H,5,7H2,1H3,(H,18,19). The molecule has 0 fully saturated rings. The Morgan fingerprint density at radius 1 is 1.47 bits per heavy atom. The molecule has 0 aliphatic rings. The number of carboxylic acid groups (broad SMARTS) is 1. The molecule has 0 bridgehead atoms. The lowest BCUT2D eigenvalue weighted by Crippen LogP contribution is -2.11. The summed E-state index contributed by atoms with van der Waals surface area (Å²) >= 11 is 5.89. The number of aryl methyl sites for hydroxylation is 1. The second kappa shape index (κ2) is 5.75. The number of nitrogens with zero attached hydrogens (tertiary/aromatic N) is 2. The third-order valence-electron chi connectivity index (χ3n) is 2.85. The third kappa shape index (κ3) is 3.06. The number of carboxylic acids is 1. The summed E-state index contributed by atoms with van der Waals surface area (Å²) in [4.78, 5) is 11.1. The highest BCUT2D eigenvalue weighted by Gasteiger charge is 2.13. The minimum Gasteiger partial charge on any atom is -0.478 e. The molecule has 0 aliphatic heterocycles.